The molecule has 0 aliphatic carbocycles. The minimum atomic E-state index is -0.850. The van der Waals surface area contributed by atoms with E-state index in [-0.39, 0.29) is 18.5 Å². The molecule has 0 aromatic heterocycles. The van der Waals surface area contributed by atoms with Gasteiger partial charge in [-0.3, -0.25) is 4.79 Å². The molecule has 2 amide bonds. The number of nitrogens with one attached hydrogen (secondary N) is 1. The van der Waals surface area contributed by atoms with Gasteiger partial charge in [0, 0.05) is 13.1 Å². The van der Waals surface area contributed by atoms with Crippen LogP contribution < -0.4 is 5.32 Å². The summed E-state index contributed by atoms with van der Waals surface area (Å²) in [5.41, 5.74) is -1.58. The molecule has 5 nitrogen and oxygen atoms in total. The molecule has 0 spiro atoms. The van der Waals surface area contributed by atoms with Gasteiger partial charge in [0.1, 0.15) is 0 Å². The summed E-state index contributed by atoms with van der Waals surface area (Å²) in [5, 5.41) is 12.1. The van der Waals surface area contributed by atoms with Gasteiger partial charge in [-0.15, -0.1) is 6.42 Å². The number of carboxylic acid groups (broad SMARTS) is 1. The predicted octanol–water partition coefficient (Wildman–Crippen LogP) is 1.54. The predicted molar refractivity (Wildman–Crippen MR) is 72.5 cm³/mol. The van der Waals surface area contributed by atoms with Crippen molar-refractivity contribution in [1.29, 1.82) is 0 Å². The van der Waals surface area contributed by atoms with Crippen molar-refractivity contribution in [2.24, 2.45) is 11.3 Å². The van der Waals surface area contributed by atoms with E-state index in [1.165, 1.54) is 4.90 Å². The average Bonchev–Trinajstić information content (AvgIpc) is 2.74. The first-order valence-electron chi connectivity index (χ1n) is 6.43. The highest BCUT2D eigenvalue weighted by atomic mass is 16.4. The first-order chi connectivity index (χ1) is 8.64. The molecule has 0 aromatic rings. The number of urea groups is 1. The molecule has 0 aromatic carbocycles. The molecule has 1 unspecified atom stereocenters. The van der Waals surface area contributed by atoms with Gasteiger partial charge >= 0.3 is 12.0 Å². The monoisotopic (exact) mass is 266 g/mol. The smallest absolute Gasteiger partial charge is 0.318 e. The topological polar surface area (TPSA) is 69.6 Å². The Balaban J connectivity index is 2.79. The van der Waals surface area contributed by atoms with Gasteiger partial charge in [0.15, 0.2) is 0 Å². The summed E-state index contributed by atoms with van der Waals surface area (Å²) in [6.45, 7) is 7.88. The maximum Gasteiger partial charge on any atom is 0.318 e. The third kappa shape index (κ3) is 3.01. The Bertz CT molecular complexity index is 423. The highest BCUT2D eigenvalue weighted by Crippen LogP contribution is 2.38. The maximum atomic E-state index is 12.1. The molecule has 0 radical (unpaired) electrons. The maximum absolute atomic E-state index is 12.1. The van der Waals surface area contributed by atoms with Crippen LogP contribution in [-0.4, -0.2) is 40.6 Å². The number of aliphatic carboxylic acids is 1. The third-order valence-electron chi connectivity index (χ3n) is 3.90. The molecule has 1 rings (SSSR count). The van der Waals surface area contributed by atoms with Gasteiger partial charge in [-0.1, -0.05) is 19.8 Å². The molecule has 1 aliphatic heterocycles. The number of carbonyl (C=O) groups is 2. The van der Waals surface area contributed by atoms with E-state index in [1.54, 1.807) is 13.8 Å². The van der Waals surface area contributed by atoms with E-state index < -0.39 is 16.9 Å². The zero-order chi connectivity index (χ0) is 14.8. The normalized spacial score (nSPS) is 23.3. The van der Waals surface area contributed by atoms with Crippen LogP contribution in [0.3, 0.4) is 0 Å². The Morgan fingerprint density at radius 1 is 1.47 bits per heavy atom. The molecule has 1 saturated heterocycles. The number of hydrogen-bond donors (Lipinski definition) is 2. The number of terminal acetylenes is 1. The molecule has 106 valence electrons. The third-order valence-corrected chi connectivity index (χ3v) is 3.90. The molecule has 0 bridgehead atoms. The fourth-order valence-electron chi connectivity index (χ4n) is 2.28. The van der Waals surface area contributed by atoms with E-state index in [9.17, 15) is 14.7 Å². The second-order valence-electron chi connectivity index (χ2n) is 5.99. The van der Waals surface area contributed by atoms with Crippen LogP contribution in [-0.2, 0) is 4.79 Å². The zero-order valence-corrected chi connectivity index (χ0v) is 12.0. The van der Waals surface area contributed by atoms with E-state index in [0.29, 0.717) is 13.0 Å². The summed E-state index contributed by atoms with van der Waals surface area (Å²) in [6.07, 6.45) is 5.80. The number of carbonyl (C=O) groups excluding carboxylic acids is 1. The Hall–Kier alpha value is -1.70. The zero-order valence-electron chi connectivity index (χ0n) is 12.0. The van der Waals surface area contributed by atoms with Crippen LogP contribution in [0.15, 0.2) is 0 Å². The van der Waals surface area contributed by atoms with Crippen molar-refractivity contribution < 1.29 is 14.7 Å². The molecular weight excluding hydrogens is 244 g/mol. The number of amides is 2. The van der Waals surface area contributed by atoms with Gasteiger partial charge in [0.25, 0.3) is 0 Å². The quantitative estimate of drug-likeness (QED) is 0.761. The molecular formula is C14H22N2O3. The van der Waals surface area contributed by atoms with E-state index in [1.807, 2.05) is 13.8 Å². The van der Waals surface area contributed by atoms with E-state index >= 15 is 0 Å². The van der Waals surface area contributed by atoms with Crippen LogP contribution in [0, 0.1) is 23.7 Å². The molecule has 2 N–H and O–H groups in total. The SMILES string of the molecule is C#CC(C)(C)NC(=O)N1CCC(C(=O)O)(C(C)C)C1. The Labute approximate surface area is 114 Å². The van der Waals surface area contributed by atoms with Crippen molar-refractivity contribution in [1.82, 2.24) is 10.2 Å². The van der Waals surface area contributed by atoms with Crippen molar-refractivity contribution in [3.63, 3.8) is 0 Å². The summed E-state index contributed by atoms with van der Waals surface area (Å²) in [5.74, 6) is 1.62. The molecule has 1 fully saturated rings. The van der Waals surface area contributed by atoms with Crippen LogP contribution in [0.4, 0.5) is 4.79 Å². The second-order valence-corrected chi connectivity index (χ2v) is 5.99. The lowest BCUT2D eigenvalue weighted by atomic mass is 9.76. The van der Waals surface area contributed by atoms with Gasteiger partial charge in [-0.2, -0.15) is 0 Å². The fourth-order valence-corrected chi connectivity index (χ4v) is 2.28. The summed E-state index contributed by atoms with van der Waals surface area (Å²) in [6, 6.07) is -0.299. The first-order valence-corrected chi connectivity index (χ1v) is 6.43. The summed E-state index contributed by atoms with van der Waals surface area (Å²) in [4.78, 5) is 25.1. The number of rotatable bonds is 3. The molecule has 1 aliphatic rings. The van der Waals surface area contributed by atoms with Crippen LogP contribution >= 0.6 is 0 Å². The lowest BCUT2D eigenvalue weighted by molar-refractivity contribution is -0.150. The van der Waals surface area contributed by atoms with Gasteiger partial charge in [-0.25, -0.2) is 4.79 Å². The minimum absolute atomic E-state index is 0.0246. The Morgan fingerprint density at radius 3 is 2.42 bits per heavy atom. The van der Waals surface area contributed by atoms with Crippen molar-refractivity contribution in [2.75, 3.05) is 13.1 Å². The lowest BCUT2D eigenvalue weighted by Gasteiger charge is -2.29. The Morgan fingerprint density at radius 2 is 2.05 bits per heavy atom. The highest BCUT2D eigenvalue weighted by molar-refractivity contribution is 5.80. The van der Waals surface area contributed by atoms with Gasteiger partial charge in [-0.05, 0) is 26.2 Å². The summed E-state index contributed by atoms with van der Waals surface area (Å²) in [7, 11) is 0. The number of likely N-dealkylation sites (tertiary alicyclic amines) is 1. The molecule has 1 atom stereocenters. The van der Waals surface area contributed by atoms with Crippen LogP contribution in [0.5, 0.6) is 0 Å². The molecule has 19 heavy (non-hydrogen) atoms. The van der Waals surface area contributed by atoms with Gasteiger partial charge in [0.2, 0.25) is 0 Å². The molecule has 1 heterocycles. The van der Waals surface area contributed by atoms with Crippen molar-refractivity contribution in [3.05, 3.63) is 0 Å². The van der Waals surface area contributed by atoms with Gasteiger partial charge < -0.3 is 15.3 Å². The van der Waals surface area contributed by atoms with E-state index in [0.717, 1.165) is 0 Å². The van der Waals surface area contributed by atoms with Crippen molar-refractivity contribution >= 4 is 12.0 Å². The van der Waals surface area contributed by atoms with E-state index in [4.69, 9.17) is 6.42 Å². The number of hydrogen-bond acceptors (Lipinski definition) is 2. The first kappa shape index (κ1) is 15.4. The van der Waals surface area contributed by atoms with Gasteiger partial charge in [0.05, 0.1) is 11.0 Å². The van der Waals surface area contributed by atoms with Crippen molar-refractivity contribution in [2.45, 2.75) is 39.7 Å². The summed E-state index contributed by atoms with van der Waals surface area (Å²) >= 11 is 0. The molecule has 5 heteroatoms. The fraction of sp³-hybridized carbons (Fsp3) is 0.714. The summed E-state index contributed by atoms with van der Waals surface area (Å²) < 4.78 is 0. The molecule has 0 saturated carbocycles. The lowest BCUT2D eigenvalue weighted by Crippen LogP contribution is -2.50. The minimum Gasteiger partial charge on any atom is -0.481 e. The van der Waals surface area contributed by atoms with Crippen LogP contribution in [0.1, 0.15) is 34.1 Å². The second kappa shape index (κ2) is 5.12. The van der Waals surface area contributed by atoms with Crippen LogP contribution in [0.25, 0.3) is 0 Å². The largest absolute Gasteiger partial charge is 0.481 e. The number of carboxylic acids is 1. The standard InChI is InChI=1S/C14H22N2O3/c1-6-13(4,5)15-12(19)16-8-7-14(9-16,10(2)3)11(17)18/h1,10H,7-9H2,2-5H3,(H,15,19)(H,17,18). The average molecular weight is 266 g/mol. The van der Waals surface area contributed by atoms with Crippen molar-refractivity contribution in [3.8, 4) is 12.3 Å². The highest BCUT2D eigenvalue weighted by Gasteiger charge is 2.48. The van der Waals surface area contributed by atoms with E-state index in [2.05, 4.69) is 11.2 Å². The van der Waals surface area contributed by atoms with Crippen LogP contribution in [0.2, 0.25) is 0 Å². The Kier molecular flexibility index (Phi) is 4.14. The number of nitrogens with zero attached hydrogens (tertiary/aromatic N) is 1.